The summed E-state index contributed by atoms with van der Waals surface area (Å²) in [4.78, 5) is 0.0116. The van der Waals surface area contributed by atoms with Crippen LogP contribution in [-0.4, -0.2) is 49.2 Å². The second-order valence-electron chi connectivity index (χ2n) is 4.33. The number of aliphatic hydroxyl groups is 2. The van der Waals surface area contributed by atoms with Gasteiger partial charge in [-0.2, -0.15) is 4.31 Å². The van der Waals surface area contributed by atoms with E-state index in [1.54, 1.807) is 13.0 Å². The highest BCUT2D eigenvalue weighted by atomic mass is 32.2. The van der Waals surface area contributed by atoms with Gasteiger partial charge in [0.05, 0.1) is 18.9 Å². The Morgan fingerprint density at radius 2 is 1.58 bits per heavy atom. The minimum absolute atomic E-state index is 0.0116. The number of nitrogen functional groups attached to an aromatic ring is 1. The first-order valence-corrected chi connectivity index (χ1v) is 7.37. The monoisotopic (exact) mass is 288 g/mol. The molecule has 0 aliphatic rings. The lowest BCUT2D eigenvalue weighted by atomic mass is 10.1. The maximum absolute atomic E-state index is 12.4. The third-order valence-corrected chi connectivity index (χ3v) is 4.90. The Bertz CT molecular complexity index is 537. The Kier molecular flexibility index (Phi) is 5.30. The first kappa shape index (κ1) is 15.9. The summed E-state index contributed by atoms with van der Waals surface area (Å²) in [5.41, 5.74) is 7.68. The Morgan fingerprint density at radius 3 is 2.05 bits per heavy atom. The van der Waals surface area contributed by atoms with E-state index in [1.807, 2.05) is 6.92 Å². The highest BCUT2D eigenvalue weighted by Gasteiger charge is 2.26. The SMILES string of the molecule is Cc1cc(N)c(S(=O)(=O)N(CCO)CCO)cc1C. The highest BCUT2D eigenvalue weighted by Crippen LogP contribution is 2.25. The first-order valence-electron chi connectivity index (χ1n) is 5.93. The number of nitrogens with zero attached hydrogens (tertiary/aromatic N) is 1. The smallest absolute Gasteiger partial charge is 0.245 e. The van der Waals surface area contributed by atoms with Gasteiger partial charge in [0.1, 0.15) is 4.90 Å². The summed E-state index contributed by atoms with van der Waals surface area (Å²) < 4.78 is 25.9. The van der Waals surface area contributed by atoms with Gasteiger partial charge in [-0.15, -0.1) is 0 Å². The quantitative estimate of drug-likeness (QED) is 0.632. The van der Waals surface area contributed by atoms with Gasteiger partial charge in [-0.25, -0.2) is 8.42 Å². The molecular weight excluding hydrogens is 268 g/mol. The van der Waals surface area contributed by atoms with Crippen LogP contribution in [-0.2, 0) is 10.0 Å². The Balaban J connectivity index is 3.28. The molecule has 1 aromatic carbocycles. The molecular formula is C12H20N2O4S. The van der Waals surface area contributed by atoms with E-state index in [0.29, 0.717) is 0 Å². The summed E-state index contributed by atoms with van der Waals surface area (Å²) in [6, 6.07) is 3.13. The molecule has 4 N–H and O–H groups in total. The van der Waals surface area contributed by atoms with Crippen LogP contribution in [0.2, 0.25) is 0 Å². The molecule has 0 unspecified atom stereocenters. The van der Waals surface area contributed by atoms with E-state index in [2.05, 4.69) is 0 Å². The average Bonchev–Trinajstić information content (AvgIpc) is 2.33. The first-order chi connectivity index (χ1) is 8.84. The van der Waals surface area contributed by atoms with Gasteiger partial charge in [-0.1, -0.05) is 0 Å². The molecule has 0 amide bonds. The Hall–Kier alpha value is -1.15. The van der Waals surface area contributed by atoms with Gasteiger partial charge in [0, 0.05) is 13.1 Å². The lowest BCUT2D eigenvalue weighted by molar-refractivity contribution is 0.217. The van der Waals surface area contributed by atoms with E-state index >= 15 is 0 Å². The summed E-state index contributed by atoms with van der Waals surface area (Å²) in [6.45, 7) is 2.87. The maximum atomic E-state index is 12.4. The van der Waals surface area contributed by atoms with Crippen LogP contribution in [0.1, 0.15) is 11.1 Å². The van der Waals surface area contributed by atoms with Crippen molar-refractivity contribution in [2.45, 2.75) is 18.7 Å². The molecule has 0 bridgehead atoms. The molecule has 0 spiro atoms. The van der Waals surface area contributed by atoms with Crippen LogP contribution in [0, 0.1) is 13.8 Å². The number of sulfonamides is 1. The lowest BCUT2D eigenvalue weighted by Gasteiger charge is -2.21. The zero-order valence-corrected chi connectivity index (χ0v) is 11.9. The van der Waals surface area contributed by atoms with Crippen molar-refractivity contribution in [1.29, 1.82) is 0 Å². The van der Waals surface area contributed by atoms with E-state index in [0.717, 1.165) is 15.4 Å². The Labute approximate surface area is 113 Å². The lowest BCUT2D eigenvalue weighted by Crippen LogP contribution is -2.36. The molecule has 0 atom stereocenters. The van der Waals surface area contributed by atoms with Crippen LogP contribution >= 0.6 is 0 Å². The van der Waals surface area contributed by atoms with Crippen LogP contribution in [0.4, 0.5) is 5.69 Å². The molecule has 6 nitrogen and oxygen atoms in total. The van der Waals surface area contributed by atoms with Crippen LogP contribution in [0.25, 0.3) is 0 Å². The minimum Gasteiger partial charge on any atom is -0.398 e. The summed E-state index contributed by atoms with van der Waals surface area (Å²) >= 11 is 0. The molecule has 0 radical (unpaired) electrons. The van der Waals surface area contributed by atoms with Crippen molar-refractivity contribution < 1.29 is 18.6 Å². The van der Waals surface area contributed by atoms with Crippen molar-refractivity contribution in [1.82, 2.24) is 4.31 Å². The van der Waals surface area contributed by atoms with Crippen molar-refractivity contribution in [2.75, 3.05) is 32.0 Å². The molecule has 0 fully saturated rings. The Morgan fingerprint density at radius 1 is 1.11 bits per heavy atom. The summed E-state index contributed by atoms with van der Waals surface area (Å²) in [5, 5.41) is 17.8. The third-order valence-electron chi connectivity index (χ3n) is 2.94. The van der Waals surface area contributed by atoms with Gasteiger partial charge in [0.25, 0.3) is 0 Å². The number of hydrogen-bond acceptors (Lipinski definition) is 5. The predicted octanol–water partition coefficient (Wildman–Crippen LogP) is -0.139. The number of aliphatic hydroxyl groups excluding tert-OH is 2. The van der Waals surface area contributed by atoms with Crippen molar-refractivity contribution in [3.05, 3.63) is 23.3 Å². The van der Waals surface area contributed by atoms with E-state index in [-0.39, 0.29) is 36.9 Å². The molecule has 0 aliphatic heterocycles. The van der Waals surface area contributed by atoms with E-state index < -0.39 is 10.0 Å². The summed E-state index contributed by atoms with van der Waals surface area (Å²) in [5.74, 6) is 0. The van der Waals surface area contributed by atoms with Gasteiger partial charge in [0.15, 0.2) is 0 Å². The number of aryl methyl sites for hydroxylation is 2. The van der Waals surface area contributed by atoms with Gasteiger partial charge in [-0.3, -0.25) is 0 Å². The molecule has 0 saturated carbocycles. The molecule has 108 valence electrons. The number of rotatable bonds is 6. The topological polar surface area (TPSA) is 104 Å². The normalized spacial score (nSPS) is 12.1. The number of benzene rings is 1. The van der Waals surface area contributed by atoms with E-state index in [1.165, 1.54) is 6.07 Å². The van der Waals surface area contributed by atoms with Crippen LogP contribution in [0.3, 0.4) is 0 Å². The van der Waals surface area contributed by atoms with Gasteiger partial charge in [-0.05, 0) is 37.1 Å². The maximum Gasteiger partial charge on any atom is 0.245 e. The average molecular weight is 288 g/mol. The van der Waals surface area contributed by atoms with Crippen LogP contribution < -0.4 is 5.73 Å². The predicted molar refractivity (Wildman–Crippen MR) is 73.3 cm³/mol. The van der Waals surface area contributed by atoms with E-state index in [9.17, 15) is 8.42 Å². The van der Waals surface area contributed by atoms with Crippen LogP contribution in [0.5, 0.6) is 0 Å². The van der Waals surface area contributed by atoms with Crippen LogP contribution in [0.15, 0.2) is 17.0 Å². The van der Waals surface area contributed by atoms with Gasteiger partial charge in [0.2, 0.25) is 10.0 Å². The number of anilines is 1. The molecule has 0 saturated heterocycles. The van der Waals surface area contributed by atoms with E-state index in [4.69, 9.17) is 15.9 Å². The fourth-order valence-corrected chi connectivity index (χ4v) is 3.35. The molecule has 0 aromatic heterocycles. The molecule has 0 heterocycles. The molecule has 1 rings (SSSR count). The van der Waals surface area contributed by atoms with Crippen molar-refractivity contribution in [2.24, 2.45) is 0 Å². The summed E-state index contributed by atoms with van der Waals surface area (Å²) in [7, 11) is -3.81. The molecule has 1 aromatic rings. The van der Waals surface area contributed by atoms with Gasteiger partial charge < -0.3 is 15.9 Å². The van der Waals surface area contributed by atoms with Gasteiger partial charge >= 0.3 is 0 Å². The fraction of sp³-hybridized carbons (Fsp3) is 0.500. The highest BCUT2D eigenvalue weighted by molar-refractivity contribution is 7.89. The summed E-state index contributed by atoms with van der Waals surface area (Å²) in [6.07, 6.45) is 0. The second-order valence-corrected chi connectivity index (χ2v) is 6.23. The van der Waals surface area contributed by atoms with Crippen molar-refractivity contribution in [3.63, 3.8) is 0 Å². The van der Waals surface area contributed by atoms with Crippen molar-refractivity contribution >= 4 is 15.7 Å². The zero-order valence-electron chi connectivity index (χ0n) is 11.1. The van der Waals surface area contributed by atoms with Crippen molar-refractivity contribution in [3.8, 4) is 0 Å². The minimum atomic E-state index is -3.81. The fourth-order valence-electron chi connectivity index (χ4n) is 1.75. The number of hydrogen-bond donors (Lipinski definition) is 3. The standard InChI is InChI=1S/C12H20N2O4S/c1-9-7-11(13)12(8-10(9)2)19(17,18)14(3-5-15)4-6-16/h7-8,15-16H,3-6,13H2,1-2H3. The number of nitrogens with two attached hydrogens (primary N) is 1. The molecule has 0 aliphatic carbocycles. The molecule has 7 heteroatoms. The zero-order chi connectivity index (χ0) is 14.6. The third kappa shape index (κ3) is 3.44. The second kappa shape index (κ2) is 6.33. The largest absolute Gasteiger partial charge is 0.398 e. The molecule has 19 heavy (non-hydrogen) atoms.